The number of para-hydroxylation sites is 1. The summed E-state index contributed by atoms with van der Waals surface area (Å²) in [5, 5.41) is 18.2. The van der Waals surface area contributed by atoms with Crippen molar-refractivity contribution in [3.05, 3.63) is 54.1 Å². The highest BCUT2D eigenvalue weighted by atomic mass is 16.5. The minimum absolute atomic E-state index is 0.264. The van der Waals surface area contributed by atoms with Gasteiger partial charge in [-0.15, -0.1) is 0 Å². The summed E-state index contributed by atoms with van der Waals surface area (Å²) in [6.45, 7) is 2.49. The van der Waals surface area contributed by atoms with E-state index in [-0.39, 0.29) is 6.10 Å². The SMILES string of the molecule is Nc1cccc(OCCCNCC2CCc3ccccc3O2)c1.O=C(O)C(=O)O. The van der Waals surface area contributed by atoms with Crippen LogP contribution in [-0.4, -0.2) is 48.0 Å². The van der Waals surface area contributed by atoms with Crippen molar-refractivity contribution < 1.29 is 29.3 Å². The molecule has 156 valence electrons. The van der Waals surface area contributed by atoms with Crippen LogP contribution in [0.15, 0.2) is 48.5 Å². The number of rotatable bonds is 7. The number of hydrogen-bond donors (Lipinski definition) is 4. The van der Waals surface area contributed by atoms with E-state index in [0.717, 1.165) is 49.5 Å². The molecule has 1 unspecified atom stereocenters. The van der Waals surface area contributed by atoms with Gasteiger partial charge in [-0.05, 0) is 49.6 Å². The summed E-state index contributed by atoms with van der Waals surface area (Å²) >= 11 is 0. The van der Waals surface area contributed by atoms with Gasteiger partial charge in [-0.25, -0.2) is 9.59 Å². The van der Waals surface area contributed by atoms with Crippen LogP contribution in [0.25, 0.3) is 0 Å². The van der Waals surface area contributed by atoms with Gasteiger partial charge in [0.2, 0.25) is 0 Å². The number of carboxylic acids is 2. The first-order valence-electron chi connectivity index (χ1n) is 9.35. The first kappa shape index (κ1) is 22.0. The zero-order chi connectivity index (χ0) is 21.1. The average Bonchev–Trinajstić information content (AvgIpc) is 2.71. The van der Waals surface area contributed by atoms with Crippen LogP contribution in [0.3, 0.4) is 0 Å². The second-order valence-electron chi connectivity index (χ2n) is 6.48. The minimum Gasteiger partial charge on any atom is -0.493 e. The fourth-order valence-corrected chi connectivity index (χ4v) is 2.78. The van der Waals surface area contributed by atoms with Gasteiger partial charge < -0.3 is 30.7 Å². The topological polar surface area (TPSA) is 131 Å². The number of hydrogen-bond acceptors (Lipinski definition) is 6. The number of anilines is 1. The molecule has 1 aliphatic rings. The van der Waals surface area contributed by atoms with Crippen molar-refractivity contribution >= 4 is 17.6 Å². The van der Waals surface area contributed by atoms with Crippen LogP contribution in [0.5, 0.6) is 11.5 Å². The lowest BCUT2D eigenvalue weighted by Gasteiger charge is -2.26. The van der Waals surface area contributed by atoms with Crippen molar-refractivity contribution in [3.8, 4) is 11.5 Å². The van der Waals surface area contributed by atoms with E-state index in [9.17, 15) is 0 Å². The Bertz CT molecular complexity index is 799. The van der Waals surface area contributed by atoms with Crippen molar-refractivity contribution in [2.45, 2.75) is 25.4 Å². The molecule has 0 saturated heterocycles. The Balaban J connectivity index is 0.000000438. The lowest BCUT2D eigenvalue weighted by atomic mass is 10.0. The quantitative estimate of drug-likeness (QED) is 0.315. The highest BCUT2D eigenvalue weighted by molar-refractivity contribution is 6.27. The number of fused-ring (bicyclic) bond motifs is 1. The predicted molar refractivity (Wildman–Crippen MR) is 108 cm³/mol. The Kier molecular flexibility index (Phi) is 8.78. The molecule has 3 rings (SSSR count). The Labute approximate surface area is 169 Å². The maximum absolute atomic E-state index is 9.10. The number of aryl methyl sites for hydroxylation is 1. The van der Waals surface area contributed by atoms with Gasteiger partial charge >= 0.3 is 11.9 Å². The first-order valence-corrected chi connectivity index (χ1v) is 9.35. The first-order chi connectivity index (χ1) is 14.0. The normalized spacial score (nSPS) is 14.6. The van der Waals surface area contributed by atoms with Gasteiger partial charge in [0.1, 0.15) is 17.6 Å². The van der Waals surface area contributed by atoms with Gasteiger partial charge in [0.15, 0.2) is 0 Å². The van der Waals surface area contributed by atoms with Crippen LogP contribution in [0, 0.1) is 0 Å². The van der Waals surface area contributed by atoms with Crippen LogP contribution in [0.2, 0.25) is 0 Å². The Morgan fingerprint density at radius 1 is 1.14 bits per heavy atom. The molecular weight excluding hydrogens is 376 g/mol. The number of carbonyl (C=O) groups is 2. The molecule has 0 aliphatic carbocycles. The monoisotopic (exact) mass is 402 g/mol. The van der Waals surface area contributed by atoms with Crippen LogP contribution in [0.4, 0.5) is 5.69 Å². The van der Waals surface area contributed by atoms with E-state index in [0.29, 0.717) is 6.61 Å². The van der Waals surface area contributed by atoms with Crippen molar-refractivity contribution in [1.29, 1.82) is 0 Å². The van der Waals surface area contributed by atoms with Crippen LogP contribution in [0.1, 0.15) is 18.4 Å². The zero-order valence-electron chi connectivity index (χ0n) is 16.0. The molecule has 0 saturated carbocycles. The summed E-state index contributed by atoms with van der Waals surface area (Å²) in [6, 6.07) is 15.8. The summed E-state index contributed by atoms with van der Waals surface area (Å²) in [4.78, 5) is 18.2. The molecule has 29 heavy (non-hydrogen) atoms. The third-order valence-electron chi connectivity index (χ3n) is 4.18. The third kappa shape index (κ3) is 8.10. The molecule has 0 spiro atoms. The van der Waals surface area contributed by atoms with Gasteiger partial charge in [-0.3, -0.25) is 0 Å². The van der Waals surface area contributed by atoms with E-state index in [1.165, 1.54) is 5.56 Å². The second-order valence-corrected chi connectivity index (χ2v) is 6.48. The zero-order valence-corrected chi connectivity index (χ0v) is 16.0. The molecule has 1 atom stereocenters. The predicted octanol–water partition coefficient (Wildman–Crippen LogP) is 2.18. The van der Waals surface area contributed by atoms with Gasteiger partial charge in [0.05, 0.1) is 6.61 Å². The standard InChI is InChI=1S/C19H24N2O2.C2H2O4/c20-16-6-3-7-17(13-16)22-12-4-11-21-14-18-10-9-15-5-1-2-8-19(15)23-18;3-1(4)2(5)6/h1-3,5-8,13,18,21H,4,9-12,14,20H2;(H,3,4)(H,5,6). The van der Waals surface area contributed by atoms with E-state index in [2.05, 4.69) is 23.5 Å². The molecule has 0 aromatic heterocycles. The molecule has 1 aliphatic heterocycles. The molecular formula is C21H26N2O6. The fourth-order valence-electron chi connectivity index (χ4n) is 2.78. The van der Waals surface area contributed by atoms with Crippen LogP contribution in [-0.2, 0) is 16.0 Å². The lowest BCUT2D eigenvalue weighted by molar-refractivity contribution is -0.159. The molecule has 2 aromatic carbocycles. The number of nitrogens with one attached hydrogen (secondary N) is 1. The number of benzene rings is 2. The molecule has 0 radical (unpaired) electrons. The van der Waals surface area contributed by atoms with Crippen molar-refractivity contribution in [1.82, 2.24) is 5.32 Å². The Morgan fingerprint density at radius 3 is 2.62 bits per heavy atom. The van der Waals surface area contributed by atoms with Gasteiger partial charge in [-0.2, -0.15) is 0 Å². The molecule has 0 bridgehead atoms. The molecule has 0 fully saturated rings. The van der Waals surface area contributed by atoms with Crippen LogP contribution < -0.4 is 20.5 Å². The van der Waals surface area contributed by atoms with Crippen molar-refractivity contribution in [2.75, 3.05) is 25.4 Å². The number of ether oxygens (including phenoxy) is 2. The number of nitrogens with two attached hydrogens (primary N) is 1. The van der Waals surface area contributed by atoms with Crippen molar-refractivity contribution in [2.24, 2.45) is 0 Å². The highest BCUT2D eigenvalue weighted by Crippen LogP contribution is 2.26. The summed E-state index contributed by atoms with van der Waals surface area (Å²) in [5.74, 6) is -1.78. The average molecular weight is 402 g/mol. The van der Waals surface area contributed by atoms with Gasteiger partial charge in [0, 0.05) is 18.3 Å². The largest absolute Gasteiger partial charge is 0.493 e. The smallest absolute Gasteiger partial charge is 0.414 e. The molecule has 5 N–H and O–H groups in total. The highest BCUT2D eigenvalue weighted by Gasteiger charge is 2.18. The van der Waals surface area contributed by atoms with Crippen LogP contribution >= 0.6 is 0 Å². The van der Waals surface area contributed by atoms with Crippen molar-refractivity contribution in [3.63, 3.8) is 0 Å². The number of nitrogen functional groups attached to an aromatic ring is 1. The molecule has 8 nitrogen and oxygen atoms in total. The number of carboxylic acid groups (broad SMARTS) is 2. The van der Waals surface area contributed by atoms with E-state index in [1.54, 1.807) is 0 Å². The third-order valence-corrected chi connectivity index (χ3v) is 4.18. The molecule has 1 heterocycles. The summed E-state index contributed by atoms with van der Waals surface area (Å²) in [5.41, 5.74) is 7.77. The lowest BCUT2D eigenvalue weighted by Crippen LogP contribution is -2.34. The second kappa shape index (κ2) is 11.6. The van der Waals surface area contributed by atoms with E-state index in [4.69, 9.17) is 35.0 Å². The molecule has 8 heteroatoms. The molecule has 0 amide bonds. The number of aliphatic carboxylic acids is 2. The summed E-state index contributed by atoms with van der Waals surface area (Å²) in [6.07, 6.45) is 3.39. The summed E-state index contributed by atoms with van der Waals surface area (Å²) in [7, 11) is 0. The fraction of sp³-hybridized carbons (Fsp3) is 0.333. The maximum Gasteiger partial charge on any atom is 0.414 e. The van der Waals surface area contributed by atoms with Gasteiger partial charge in [-0.1, -0.05) is 24.3 Å². The summed E-state index contributed by atoms with van der Waals surface area (Å²) < 4.78 is 11.7. The molecule has 2 aromatic rings. The van der Waals surface area contributed by atoms with Gasteiger partial charge in [0.25, 0.3) is 0 Å². The van der Waals surface area contributed by atoms with E-state index in [1.807, 2.05) is 30.3 Å². The maximum atomic E-state index is 9.10. The van der Waals surface area contributed by atoms with E-state index >= 15 is 0 Å². The Hall–Kier alpha value is -3.26. The van der Waals surface area contributed by atoms with E-state index < -0.39 is 11.9 Å². The minimum atomic E-state index is -1.82. The Morgan fingerprint density at radius 2 is 1.90 bits per heavy atom.